The van der Waals surface area contributed by atoms with Crippen molar-refractivity contribution < 1.29 is 9.53 Å². The molecule has 1 unspecified atom stereocenters. The molecule has 3 aromatic rings. The maximum Gasteiger partial charge on any atom is 0.272 e. The quantitative estimate of drug-likeness (QED) is 0.425. The van der Waals surface area contributed by atoms with Crippen LogP contribution in [-0.4, -0.2) is 45.8 Å². The first-order valence-corrected chi connectivity index (χ1v) is 12.0. The first kappa shape index (κ1) is 20.9. The number of thioether (sulfide) groups is 1. The third kappa shape index (κ3) is 4.25. The number of thiophene rings is 1. The maximum absolute atomic E-state index is 13.2. The molecule has 0 radical (unpaired) electrons. The molecule has 1 fully saturated rings. The number of rotatable bonds is 6. The minimum absolute atomic E-state index is 0.0813. The zero-order chi connectivity index (χ0) is 21.1. The van der Waals surface area contributed by atoms with E-state index in [1.54, 1.807) is 11.7 Å². The monoisotopic (exact) mass is 443 g/mol. The normalized spacial score (nSPS) is 16.7. The highest BCUT2D eigenvalue weighted by atomic mass is 32.2. The number of likely N-dealkylation sites (tertiary alicyclic amines) is 1. The van der Waals surface area contributed by atoms with Crippen LogP contribution in [-0.2, 0) is 11.3 Å². The first-order chi connectivity index (χ1) is 14.6. The van der Waals surface area contributed by atoms with Crippen LogP contribution in [0.15, 0.2) is 45.7 Å². The van der Waals surface area contributed by atoms with Gasteiger partial charge in [-0.15, -0.1) is 11.3 Å². The van der Waals surface area contributed by atoms with E-state index in [1.165, 1.54) is 29.5 Å². The summed E-state index contributed by atoms with van der Waals surface area (Å²) in [6, 6.07) is 9.78. The van der Waals surface area contributed by atoms with Crippen LogP contribution in [0.25, 0.3) is 10.2 Å². The highest BCUT2D eigenvalue weighted by molar-refractivity contribution is 7.99. The summed E-state index contributed by atoms with van der Waals surface area (Å²) in [6.45, 7) is 3.26. The van der Waals surface area contributed by atoms with Gasteiger partial charge >= 0.3 is 0 Å². The van der Waals surface area contributed by atoms with Gasteiger partial charge in [0.05, 0.1) is 24.9 Å². The zero-order valence-corrected chi connectivity index (χ0v) is 18.8. The molecule has 1 aliphatic rings. The first-order valence-electron chi connectivity index (χ1n) is 10.1. The number of ether oxygens (including phenoxy) is 1. The van der Waals surface area contributed by atoms with Gasteiger partial charge in [0.25, 0.3) is 5.56 Å². The maximum atomic E-state index is 13.2. The van der Waals surface area contributed by atoms with Gasteiger partial charge < -0.3 is 9.64 Å². The Hall–Kier alpha value is -2.32. The number of carbonyl (C=O) groups is 1. The average molecular weight is 444 g/mol. The zero-order valence-electron chi connectivity index (χ0n) is 17.2. The van der Waals surface area contributed by atoms with Crippen molar-refractivity contribution in [2.75, 3.05) is 19.4 Å². The molecule has 0 N–H and O–H groups in total. The van der Waals surface area contributed by atoms with E-state index in [-0.39, 0.29) is 23.3 Å². The smallest absolute Gasteiger partial charge is 0.272 e. The van der Waals surface area contributed by atoms with Crippen LogP contribution in [0.1, 0.15) is 31.7 Å². The van der Waals surface area contributed by atoms with Crippen LogP contribution in [0.4, 0.5) is 0 Å². The molecule has 158 valence electrons. The number of nitrogens with zero attached hydrogens (tertiary/aromatic N) is 3. The fourth-order valence-corrected chi connectivity index (χ4v) is 5.52. The van der Waals surface area contributed by atoms with Gasteiger partial charge in [-0.2, -0.15) is 0 Å². The number of fused-ring (bicyclic) bond motifs is 1. The molecule has 2 aromatic heterocycles. The lowest BCUT2D eigenvalue weighted by molar-refractivity contribution is -0.131. The molecule has 1 aromatic carbocycles. The summed E-state index contributed by atoms with van der Waals surface area (Å²) in [6.07, 6.45) is 3.28. The second-order valence-corrected chi connectivity index (χ2v) is 9.31. The molecule has 1 aliphatic heterocycles. The molecule has 1 atom stereocenters. The molecule has 8 heteroatoms. The molecule has 30 heavy (non-hydrogen) atoms. The van der Waals surface area contributed by atoms with E-state index < -0.39 is 0 Å². The highest BCUT2D eigenvalue weighted by Gasteiger charge is 2.24. The van der Waals surface area contributed by atoms with E-state index in [2.05, 4.69) is 6.92 Å². The number of piperidine rings is 1. The van der Waals surface area contributed by atoms with Crippen molar-refractivity contribution in [3.63, 3.8) is 0 Å². The van der Waals surface area contributed by atoms with E-state index >= 15 is 0 Å². The van der Waals surface area contributed by atoms with Crippen molar-refractivity contribution in [2.45, 2.75) is 43.9 Å². The molecular formula is C22H25N3O3S2. The Bertz CT molecular complexity index is 1110. The summed E-state index contributed by atoms with van der Waals surface area (Å²) in [5.41, 5.74) is 1.50. The average Bonchev–Trinajstić information content (AvgIpc) is 3.24. The summed E-state index contributed by atoms with van der Waals surface area (Å²) >= 11 is 2.73. The topological polar surface area (TPSA) is 64.4 Å². The fraction of sp³-hybridized carbons (Fsp3) is 0.409. The molecule has 3 heterocycles. The number of carbonyl (C=O) groups excluding carboxylic acids is 1. The summed E-state index contributed by atoms with van der Waals surface area (Å²) in [7, 11) is 1.62. The van der Waals surface area contributed by atoms with Gasteiger partial charge in [-0.05, 0) is 43.7 Å². The SMILES string of the molecule is COc1ccccc1Cn1c(SCC(=O)N2CCCCC2C)nc2ccsc2c1=O. The van der Waals surface area contributed by atoms with Crippen LogP contribution in [0, 0.1) is 0 Å². The molecule has 0 saturated carbocycles. The standard InChI is InChI=1S/C22H25N3O3S2/c1-15-7-5-6-11-24(15)19(26)14-30-22-23-17-10-12-29-20(17)21(27)25(22)13-16-8-3-4-9-18(16)28-2/h3-4,8-10,12,15H,5-7,11,13-14H2,1-2H3. The van der Waals surface area contributed by atoms with Gasteiger partial charge in [0, 0.05) is 18.2 Å². The van der Waals surface area contributed by atoms with Crippen LogP contribution < -0.4 is 10.3 Å². The van der Waals surface area contributed by atoms with Crippen LogP contribution in [0.2, 0.25) is 0 Å². The Morgan fingerprint density at radius 1 is 1.30 bits per heavy atom. The van der Waals surface area contributed by atoms with E-state index in [1.807, 2.05) is 40.6 Å². The lowest BCUT2D eigenvalue weighted by atomic mass is 10.0. The Morgan fingerprint density at radius 3 is 2.93 bits per heavy atom. The Labute approximate surface area is 183 Å². The second kappa shape index (κ2) is 9.22. The van der Waals surface area contributed by atoms with E-state index in [0.29, 0.717) is 21.9 Å². The van der Waals surface area contributed by atoms with Gasteiger partial charge in [0.1, 0.15) is 10.4 Å². The van der Waals surface area contributed by atoms with Gasteiger partial charge in [0.2, 0.25) is 5.91 Å². The molecule has 0 spiro atoms. The summed E-state index contributed by atoms with van der Waals surface area (Å²) in [4.78, 5) is 32.7. The predicted molar refractivity (Wildman–Crippen MR) is 122 cm³/mol. The van der Waals surface area contributed by atoms with Crippen molar-refractivity contribution in [2.24, 2.45) is 0 Å². The third-order valence-corrected chi connectivity index (χ3v) is 7.35. The molecule has 1 saturated heterocycles. The number of hydrogen-bond donors (Lipinski definition) is 0. The number of hydrogen-bond acceptors (Lipinski definition) is 6. The number of aromatic nitrogens is 2. The highest BCUT2D eigenvalue weighted by Crippen LogP contribution is 2.25. The number of amides is 1. The van der Waals surface area contributed by atoms with Crippen molar-refractivity contribution in [1.82, 2.24) is 14.5 Å². The van der Waals surface area contributed by atoms with E-state index in [0.717, 1.165) is 30.7 Å². The van der Waals surface area contributed by atoms with Gasteiger partial charge in [-0.1, -0.05) is 30.0 Å². The van der Waals surface area contributed by atoms with Crippen LogP contribution in [0.3, 0.4) is 0 Å². The number of methoxy groups -OCH3 is 1. The fourth-order valence-electron chi connectivity index (χ4n) is 3.85. The van der Waals surface area contributed by atoms with Gasteiger partial charge in [0.15, 0.2) is 5.16 Å². The van der Waals surface area contributed by atoms with E-state index in [4.69, 9.17) is 9.72 Å². The molecule has 0 aliphatic carbocycles. The minimum atomic E-state index is -0.0813. The predicted octanol–water partition coefficient (Wildman–Crippen LogP) is 4.01. The molecule has 4 rings (SSSR count). The largest absolute Gasteiger partial charge is 0.496 e. The van der Waals surface area contributed by atoms with Crippen molar-refractivity contribution in [3.8, 4) is 5.75 Å². The second-order valence-electron chi connectivity index (χ2n) is 7.45. The minimum Gasteiger partial charge on any atom is -0.496 e. The van der Waals surface area contributed by atoms with Crippen molar-refractivity contribution >= 4 is 39.2 Å². The Morgan fingerprint density at radius 2 is 2.13 bits per heavy atom. The van der Waals surface area contributed by atoms with Crippen molar-refractivity contribution in [1.29, 1.82) is 0 Å². The summed E-state index contributed by atoms with van der Waals surface area (Å²) in [5.74, 6) is 1.11. The Balaban J connectivity index is 1.64. The van der Waals surface area contributed by atoms with E-state index in [9.17, 15) is 9.59 Å². The molecule has 1 amide bonds. The summed E-state index contributed by atoms with van der Waals surface area (Å²) in [5, 5.41) is 2.44. The third-order valence-electron chi connectivity index (χ3n) is 5.50. The summed E-state index contributed by atoms with van der Waals surface area (Å²) < 4.78 is 7.75. The number of para-hydroxylation sites is 1. The van der Waals surface area contributed by atoms with Crippen LogP contribution in [0.5, 0.6) is 5.75 Å². The van der Waals surface area contributed by atoms with Crippen LogP contribution >= 0.6 is 23.1 Å². The Kier molecular flexibility index (Phi) is 6.43. The van der Waals surface area contributed by atoms with Gasteiger partial charge in [-0.3, -0.25) is 14.2 Å². The van der Waals surface area contributed by atoms with Gasteiger partial charge in [-0.25, -0.2) is 4.98 Å². The lowest BCUT2D eigenvalue weighted by Crippen LogP contribution is -2.43. The molecule has 6 nitrogen and oxygen atoms in total. The number of benzene rings is 1. The molecular weight excluding hydrogens is 418 g/mol. The lowest BCUT2D eigenvalue weighted by Gasteiger charge is -2.33. The van der Waals surface area contributed by atoms with Crippen molar-refractivity contribution in [3.05, 3.63) is 51.6 Å². The molecule has 0 bridgehead atoms.